The summed E-state index contributed by atoms with van der Waals surface area (Å²) in [6.07, 6.45) is 6.37. The van der Waals surface area contributed by atoms with Gasteiger partial charge in [0, 0.05) is 19.6 Å². The first kappa shape index (κ1) is 17.5. The van der Waals surface area contributed by atoms with Gasteiger partial charge in [-0.2, -0.15) is 0 Å². The third kappa shape index (κ3) is 6.25. The zero-order chi connectivity index (χ0) is 15.2. The fourth-order valence-electron chi connectivity index (χ4n) is 3.18. The summed E-state index contributed by atoms with van der Waals surface area (Å²) in [6.45, 7) is 9.93. The van der Waals surface area contributed by atoms with Crippen LogP contribution in [0.2, 0.25) is 0 Å². The predicted molar refractivity (Wildman–Crippen MR) is 83.4 cm³/mol. The van der Waals surface area contributed by atoms with Crippen molar-refractivity contribution >= 4 is 5.91 Å². The van der Waals surface area contributed by atoms with E-state index in [1.807, 2.05) is 0 Å². The Balaban J connectivity index is 2.21. The van der Waals surface area contributed by atoms with Gasteiger partial charge in [-0.3, -0.25) is 4.79 Å². The zero-order valence-corrected chi connectivity index (χ0v) is 13.7. The third-order valence-corrected chi connectivity index (χ3v) is 4.82. The van der Waals surface area contributed by atoms with E-state index < -0.39 is 0 Å². The van der Waals surface area contributed by atoms with Gasteiger partial charge < -0.3 is 10.4 Å². The molecule has 0 aromatic rings. The Hall–Kier alpha value is -0.570. The number of aliphatic hydroxyl groups excluding tert-OH is 1. The Morgan fingerprint density at radius 1 is 1.25 bits per heavy atom. The maximum absolute atomic E-state index is 11.9. The molecule has 0 saturated heterocycles. The zero-order valence-electron chi connectivity index (χ0n) is 13.7. The van der Waals surface area contributed by atoms with Crippen molar-refractivity contribution < 1.29 is 9.90 Å². The highest BCUT2D eigenvalue weighted by Gasteiger charge is 2.30. The molecule has 1 saturated carbocycles. The Bertz CT molecular complexity index is 288. The number of rotatable bonds is 6. The molecule has 1 aliphatic carbocycles. The van der Waals surface area contributed by atoms with Gasteiger partial charge in [-0.05, 0) is 55.3 Å². The topological polar surface area (TPSA) is 49.3 Å². The van der Waals surface area contributed by atoms with Crippen molar-refractivity contribution in [2.24, 2.45) is 23.2 Å². The first-order valence-electron chi connectivity index (χ1n) is 8.20. The second kappa shape index (κ2) is 8.02. The largest absolute Gasteiger partial charge is 0.396 e. The molecule has 1 fully saturated rings. The van der Waals surface area contributed by atoms with Crippen LogP contribution in [-0.2, 0) is 4.79 Å². The third-order valence-electron chi connectivity index (χ3n) is 4.82. The molecular formula is C17H33NO2. The van der Waals surface area contributed by atoms with Crippen LogP contribution in [0, 0.1) is 23.2 Å². The van der Waals surface area contributed by atoms with E-state index in [0.717, 1.165) is 12.3 Å². The maximum Gasteiger partial charge on any atom is 0.220 e. The molecule has 0 spiro atoms. The normalized spacial score (nSPS) is 25.2. The molecule has 0 aromatic carbocycles. The van der Waals surface area contributed by atoms with Crippen LogP contribution in [0.15, 0.2) is 0 Å². The molecule has 118 valence electrons. The van der Waals surface area contributed by atoms with Gasteiger partial charge in [0.2, 0.25) is 5.91 Å². The number of hydrogen-bond donors (Lipinski definition) is 2. The van der Waals surface area contributed by atoms with Gasteiger partial charge in [0.05, 0.1) is 0 Å². The summed E-state index contributed by atoms with van der Waals surface area (Å²) in [6, 6.07) is 0. The average molecular weight is 283 g/mol. The van der Waals surface area contributed by atoms with Gasteiger partial charge in [0.1, 0.15) is 0 Å². The molecule has 0 aromatic heterocycles. The van der Waals surface area contributed by atoms with Crippen LogP contribution in [0.3, 0.4) is 0 Å². The predicted octanol–water partition coefficient (Wildman–Crippen LogP) is 3.36. The smallest absolute Gasteiger partial charge is 0.220 e. The summed E-state index contributed by atoms with van der Waals surface area (Å²) in [5.74, 6) is 1.93. The summed E-state index contributed by atoms with van der Waals surface area (Å²) in [5, 5.41) is 11.8. The lowest BCUT2D eigenvalue weighted by molar-refractivity contribution is -0.122. The number of aliphatic hydroxyl groups is 1. The standard InChI is InChI=1S/C17H33NO2/c1-13(9-10-19)12-18-16(20)11-14-5-7-15(8-6-14)17(2,3)4/h13-15,19H,5-12H2,1-4H3,(H,18,20). The van der Waals surface area contributed by atoms with Crippen molar-refractivity contribution in [2.75, 3.05) is 13.2 Å². The lowest BCUT2D eigenvalue weighted by atomic mass is 9.69. The Morgan fingerprint density at radius 2 is 1.85 bits per heavy atom. The minimum Gasteiger partial charge on any atom is -0.396 e. The van der Waals surface area contributed by atoms with Crippen LogP contribution in [0.25, 0.3) is 0 Å². The Labute approximate surface area is 124 Å². The quantitative estimate of drug-likeness (QED) is 0.785. The summed E-state index contributed by atoms with van der Waals surface area (Å²) < 4.78 is 0. The van der Waals surface area contributed by atoms with E-state index >= 15 is 0 Å². The highest BCUT2D eigenvalue weighted by atomic mass is 16.3. The molecular weight excluding hydrogens is 250 g/mol. The average Bonchev–Trinajstić information content (AvgIpc) is 2.36. The number of nitrogens with one attached hydrogen (secondary N) is 1. The monoisotopic (exact) mass is 283 g/mol. The molecule has 0 radical (unpaired) electrons. The summed E-state index contributed by atoms with van der Waals surface area (Å²) in [5.41, 5.74) is 0.410. The van der Waals surface area contributed by atoms with Crippen LogP contribution in [-0.4, -0.2) is 24.2 Å². The second-order valence-electron chi connectivity index (χ2n) is 7.71. The molecule has 0 heterocycles. The molecule has 0 aliphatic heterocycles. The van der Waals surface area contributed by atoms with Crippen molar-refractivity contribution in [3.8, 4) is 0 Å². The van der Waals surface area contributed by atoms with E-state index in [4.69, 9.17) is 5.11 Å². The van der Waals surface area contributed by atoms with Crippen molar-refractivity contribution in [2.45, 2.75) is 66.2 Å². The van der Waals surface area contributed by atoms with Crippen molar-refractivity contribution in [3.63, 3.8) is 0 Å². The molecule has 20 heavy (non-hydrogen) atoms. The molecule has 1 atom stereocenters. The van der Waals surface area contributed by atoms with Gasteiger partial charge in [-0.25, -0.2) is 0 Å². The van der Waals surface area contributed by atoms with Crippen LogP contribution in [0.4, 0.5) is 0 Å². The minimum atomic E-state index is 0.189. The van der Waals surface area contributed by atoms with Crippen LogP contribution in [0.5, 0.6) is 0 Å². The van der Waals surface area contributed by atoms with Gasteiger partial charge in [-0.15, -0.1) is 0 Å². The number of carbonyl (C=O) groups excluding carboxylic acids is 1. The van der Waals surface area contributed by atoms with Crippen LogP contribution < -0.4 is 5.32 Å². The summed E-state index contributed by atoms with van der Waals surface area (Å²) in [4.78, 5) is 11.9. The highest BCUT2D eigenvalue weighted by Crippen LogP contribution is 2.40. The molecule has 2 N–H and O–H groups in total. The van der Waals surface area contributed by atoms with E-state index in [2.05, 4.69) is 33.0 Å². The first-order valence-corrected chi connectivity index (χ1v) is 8.20. The fraction of sp³-hybridized carbons (Fsp3) is 0.941. The van der Waals surface area contributed by atoms with E-state index in [0.29, 0.717) is 30.2 Å². The molecule has 0 bridgehead atoms. The van der Waals surface area contributed by atoms with Crippen LogP contribution in [0.1, 0.15) is 66.2 Å². The van der Waals surface area contributed by atoms with Crippen molar-refractivity contribution in [1.29, 1.82) is 0 Å². The summed E-state index contributed by atoms with van der Waals surface area (Å²) >= 11 is 0. The van der Waals surface area contributed by atoms with E-state index in [9.17, 15) is 4.79 Å². The molecule has 1 aliphatic rings. The molecule has 1 rings (SSSR count). The van der Waals surface area contributed by atoms with E-state index in [1.165, 1.54) is 25.7 Å². The molecule has 3 nitrogen and oxygen atoms in total. The molecule has 1 unspecified atom stereocenters. The Kier molecular flexibility index (Phi) is 7.01. The van der Waals surface area contributed by atoms with Gasteiger partial charge in [-0.1, -0.05) is 27.7 Å². The molecule has 3 heteroatoms. The number of hydrogen-bond acceptors (Lipinski definition) is 2. The van der Waals surface area contributed by atoms with Crippen molar-refractivity contribution in [3.05, 3.63) is 0 Å². The van der Waals surface area contributed by atoms with Gasteiger partial charge in [0.25, 0.3) is 0 Å². The minimum absolute atomic E-state index is 0.189. The Morgan fingerprint density at radius 3 is 2.35 bits per heavy atom. The van der Waals surface area contributed by atoms with E-state index in [1.54, 1.807) is 0 Å². The van der Waals surface area contributed by atoms with E-state index in [-0.39, 0.29) is 12.5 Å². The number of amides is 1. The fourth-order valence-corrected chi connectivity index (χ4v) is 3.18. The highest BCUT2D eigenvalue weighted by molar-refractivity contribution is 5.76. The maximum atomic E-state index is 11.9. The van der Waals surface area contributed by atoms with Crippen molar-refractivity contribution in [1.82, 2.24) is 5.32 Å². The number of carbonyl (C=O) groups is 1. The second-order valence-corrected chi connectivity index (χ2v) is 7.71. The summed E-state index contributed by atoms with van der Waals surface area (Å²) in [7, 11) is 0. The van der Waals surface area contributed by atoms with Gasteiger partial charge in [0.15, 0.2) is 0 Å². The lowest BCUT2D eigenvalue weighted by Crippen LogP contribution is -2.32. The molecule has 1 amide bonds. The first-order chi connectivity index (χ1) is 9.32. The SMILES string of the molecule is CC(CCO)CNC(=O)CC1CCC(C(C)(C)C)CC1. The van der Waals surface area contributed by atoms with Crippen LogP contribution >= 0.6 is 0 Å². The van der Waals surface area contributed by atoms with Gasteiger partial charge >= 0.3 is 0 Å². The lowest BCUT2D eigenvalue weighted by Gasteiger charge is -2.36.